The topological polar surface area (TPSA) is 105 Å². The molecule has 2 aromatic rings. The van der Waals surface area contributed by atoms with Gasteiger partial charge in [-0.1, -0.05) is 18.9 Å². The fourth-order valence-electron chi connectivity index (χ4n) is 3.69. The second-order valence-corrected chi connectivity index (χ2v) is 7.92. The molecule has 0 aliphatic heterocycles. The number of hydrogen-bond donors (Lipinski definition) is 3. The monoisotopic (exact) mass is 464 g/mol. The first-order chi connectivity index (χ1) is 15.6. The average molecular weight is 464 g/mol. The van der Waals surface area contributed by atoms with Crippen molar-refractivity contribution in [2.24, 2.45) is 5.41 Å². The third-order valence-electron chi connectivity index (χ3n) is 5.56. The second kappa shape index (κ2) is 9.93. The summed E-state index contributed by atoms with van der Waals surface area (Å²) in [6.07, 6.45) is -1.84. The number of ether oxygens (including phenoxy) is 1. The summed E-state index contributed by atoms with van der Waals surface area (Å²) in [7, 11) is 0. The van der Waals surface area contributed by atoms with Gasteiger partial charge in [-0.05, 0) is 55.3 Å². The number of nitrogens with one attached hydrogen (secondary N) is 2. The van der Waals surface area contributed by atoms with Crippen LogP contribution in [0.4, 0.5) is 18.9 Å². The van der Waals surface area contributed by atoms with E-state index in [2.05, 4.69) is 10.6 Å². The molecule has 0 spiro atoms. The number of aliphatic carboxylic acids is 1. The van der Waals surface area contributed by atoms with Crippen LogP contribution in [0.15, 0.2) is 48.5 Å². The lowest BCUT2D eigenvalue weighted by atomic mass is 9.86. The number of hydrogen-bond acceptors (Lipinski definition) is 4. The highest BCUT2D eigenvalue weighted by atomic mass is 19.4. The average Bonchev–Trinajstić information content (AvgIpc) is 3.26. The van der Waals surface area contributed by atoms with Crippen molar-refractivity contribution >= 4 is 23.5 Å². The molecule has 0 bridgehead atoms. The largest absolute Gasteiger partial charge is 0.484 e. The maximum absolute atomic E-state index is 12.8. The first-order valence-electron chi connectivity index (χ1n) is 10.3. The summed E-state index contributed by atoms with van der Waals surface area (Å²) < 4.78 is 43.6. The molecule has 1 fully saturated rings. The molecule has 7 nitrogen and oxygen atoms in total. The summed E-state index contributed by atoms with van der Waals surface area (Å²) in [6.45, 7) is -0.391. The molecule has 0 unspecified atom stereocenters. The molecular weight excluding hydrogens is 441 g/mol. The Morgan fingerprint density at radius 3 is 2.30 bits per heavy atom. The van der Waals surface area contributed by atoms with Crippen molar-refractivity contribution < 1.29 is 37.4 Å². The summed E-state index contributed by atoms with van der Waals surface area (Å²) >= 11 is 0. The van der Waals surface area contributed by atoms with Crippen molar-refractivity contribution in [3.05, 3.63) is 59.7 Å². The Kier molecular flexibility index (Phi) is 7.25. The molecule has 10 heteroatoms. The van der Waals surface area contributed by atoms with Gasteiger partial charge in [-0.25, -0.2) is 0 Å². The maximum atomic E-state index is 12.8. The van der Waals surface area contributed by atoms with Crippen molar-refractivity contribution in [3.8, 4) is 5.75 Å². The van der Waals surface area contributed by atoms with E-state index in [0.29, 0.717) is 18.4 Å². The van der Waals surface area contributed by atoms with E-state index >= 15 is 0 Å². The molecule has 0 atom stereocenters. The molecular formula is C23H23F3N2O5. The normalized spacial score (nSPS) is 15.0. The minimum Gasteiger partial charge on any atom is -0.484 e. The Morgan fingerprint density at radius 2 is 1.70 bits per heavy atom. The smallest absolute Gasteiger partial charge is 0.416 e. The predicted octanol–water partition coefficient (Wildman–Crippen LogP) is 4.10. The highest BCUT2D eigenvalue weighted by Gasteiger charge is 2.41. The molecule has 0 radical (unpaired) electrons. The van der Waals surface area contributed by atoms with Crippen LogP contribution in [0.3, 0.4) is 0 Å². The fraction of sp³-hybridized carbons (Fsp3) is 0.348. The fourth-order valence-corrected chi connectivity index (χ4v) is 3.69. The van der Waals surface area contributed by atoms with Gasteiger partial charge in [0.15, 0.2) is 6.61 Å². The summed E-state index contributed by atoms with van der Waals surface area (Å²) in [5.74, 6) is -1.70. The molecule has 2 aromatic carbocycles. The van der Waals surface area contributed by atoms with E-state index < -0.39 is 41.5 Å². The molecule has 176 valence electrons. The van der Waals surface area contributed by atoms with Crippen molar-refractivity contribution in [2.75, 3.05) is 18.5 Å². The van der Waals surface area contributed by atoms with Crippen LogP contribution >= 0.6 is 0 Å². The SMILES string of the molecule is O=C(COc1ccc(C(=O)NCC2(C(=O)O)CCCC2)cc1)Nc1cccc(C(F)(F)F)c1. The zero-order chi connectivity index (χ0) is 24.1. The van der Waals surface area contributed by atoms with Crippen LogP contribution in [0.2, 0.25) is 0 Å². The van der Waals surface area contributed by atoms with Crippen LogP contribution in [-0.4, -0.2) is 36.0 Å². The van der Waals surface area contributed by atoms with E-state index in [1.54, 1.807) is 0 Å². The minimum absolute atomic E-state index is 0.00756. The van der Waals surface area contributed by atoms with Gasteiger partial charge in [-0.2, -0.15) is 13.2 Å². The minimum atomic E-state index is -4.52. The van der Waals surface area contributed by atoms with E-state index in [0.717, 1.165) is 25.0 Å². The predicted molar refractivity (Wildman–Crippen MR) is 113 cm³/mol. The van der Waals surface area contributed by atoms with Crippen LogP contribution < -0.4 is 15.4 Å². The van der Waals surface area contributed by atoms with E-state index in [4.69, 9.17) is 4.74 Å². The lowest BCUT2D eigenvalue weighted by Gasteiger charge is -2.23. The molecule has 1 aliphatic carbocycles. The summed E-state index contributed by atoms with van der Waals surface area (Å²) in [5.41, 5.74) is -1.51. The van der Waals surface area contributed by atoms with Crippen LogP contribution in [0.25, 0.3) is 0 Å². The Morgan fingerprint density at radius 1 is 1.03 bits per heavy atom. The van der Waals surface area contributed by atoms with Crippen LogP contribution in [-0.2, 0) is 15.8 Å². The Bertz CT molecular complexity index is 1020. The Balaban J connectivity index is 1.50. The van der Waals surface area contributed by atoms with Gasteiger partial charge in [0.25, 0.3) is 11.8 Å². The van der Waals surface area contributed by atoms with Gasteiger partial charge < -0.3 is 20.5 Å². The van der Waals surface area contributed by atoms with Gasteiger partial charge in [-0.3, -0.25) is 14.4 Å². The zero-order valence-corrected chi connectivity index (χ0v) is 17.6. The number of carbonyl (C=O) groups is 3. The number of carboxylic acid groups (broad SMARTS) is 1. The molecule has 33 heavy (non-hydrogen) atoms. The van der Waals surface area contributed by atoms with Gasteiger partial charge >= 0.3 is 12.1 Å². The van der Waals surface area contributed by atoms with E-state index in [9.17, 15) is 32.7 Å². The first kappa shape index (κ1) is 24.1. The van der Waals surface area contributed by atoms with Gasteiger partial charge in [0.05, 0.1) is 11.0 Å². The van der Waals surface area contributed by atoms with Gasteiger partial charge in [0.2, 0.25) is 0 Å². The van der Waals surface area contributed by atoms with Crippen molar-refractivity contribution in [1.29, 1.82) is 0 Å². The lowest BCUT2D eigenvalue weighted by Crippen LogP contribution is -2.41. The van der Waals surface area contributed by atoms with Crippen LogP contribution in [0.1, 0.15) is 41.6 Å². The van der Waals surface area contributed by atoms with Crippen molar-refractivity contribution in [3.63, 3.8) is 0 Å². The van der Waals surface area contributed by atoms with Crippen LogP contribution in [0, 0.1) is 5.41 Å². The van der Waals surface area contributed by atoms with Crippen molar-refractivity contribution in [2.45, 2.75) is 31.9 Å². The highest BCUT2D eigenvalue weighted by Crippen LogP contribution is 2.37. The molecule has 2 amide bonds. The quantitative estimate of drug-likeness (QED) is 0.546. The van der Waals surface area contributed by atoms with E-state index in [1.807, 2.05) is 0 Å². The van der Waals surface area contributed by atoms with E-state index in [-0.39, 0.29) is 18.0 Å². The number of halogens is 3. The number of carboxylic acids is 1. The maximum Gasteiger partial charge on any atom is 0.416 e. The number of carbonyl (C=O) groups excluding carboxylic acids is 2. The third-order valence-corrected chi connectivity index (χ3v) is 5.56. The standard InChI is InChI=1S/C23H23F3N2O5/c24-23(25,26)16-4-3-5-17(12-16)28-19(29)13-33-18-8-6-15(7-9-18)20(30)27-14-22(21(31)32)10-1-2-11-22/h3-9,12H,1-2,10-11,13-14H2,(H,27,30)(H,28,29)(H,31,32). The third kappa shape index (κ3) is 6.24. The summed E-state index contributed by atoms with van der Waals surface area (Å²) in [6, 6.07) is 10.1. The lowest BCUT2D eigenvalue weighted by molar-refractivity contribution is -0.148. The number of amides is 2. The molecule has 0 heterocycles. The number of benzene rings is 2. The number of anilines is 1. The highest BCUT2D eigenvalue weighted by molar-refractivity contribution is 5.95. The molecule has 0 aromatic heterocycles. The first-order valence-corrected chi connectivity index (χ1v) is 10.3. The molecule has 1 aliphatic rings. The zero-order valence-electron chi connectivity index (χ0n) is 17.6. The number of rotatable bonds is 8. The van der Waals surface area contributed by atoms with Gasteiger partial charge in [0, 0.05) is 17.8 Å². The molecule has 1 saturated carbocycles. The summed E-state index contributed by atoms with van der Waals surface area (Å²) in [5, 5.41) is 14.5. The second-order valence-electron chi connectivity index (χ2n) is 7.92. The Hall–Kier alpha value is -3.56. The van der Waals surface area contributed by atoms with E-state index in [1.165, 1.54) is 36.4 Å². The van der Waals surface area contributed by atoms with Gasteiger partial charge in [0.1, 0.15) is 5.75 Å². The Labute approximate surface area is 187 Å². The molecule has 3 rings (SSSR count). The molecule has 3 N–H and O–H groups in total. The van der Waals surface area contributed by atoms with Crippen molar-refractivity contribution in [1.82, 2.24) is 5.32 Å². The molecule has 0 saturated heterocycles. The summed E-state index contributed by atoms with van der Waals surface area (Å²) in [4.78, 5) is 35.9. The van der Waals surface area contributed by atoms with Gasteiger partial charge in [-0.15, -0.1) is 0 Å². The van der Waals surface area contributed by atoms with Crippen LogP contribution in [0.5, 0.6) is 5.75 Å². The number of alkyl halides is 3.